The van der Waals surface area contributed by atoms with Gasteiger partial charge in [0.2, 0.25) is 5.91 Å². The minimum atomic E-state index is -4.31. The zero-order valence-corrected chi connectivity index (χ0v) is 46.1. The van der Waals surface area contributed by atoms with E-state index in [0.29, 0.717) is 23.9 Å². The molecule has 0 aliphatic rings. The second-order valence-electron chi connectivity index (χ2n) is 21.7. The lowest BCUT2D eigenvalue weighted by Crippen LogP contribution is -2.46. The standard InChI is InChI=1S/C57H117N2O6P/c1-6-8-10-12-14-16-18-20-22-23-24-25-26-27-28-29-30-31-32-33-34-35-36-37-39-41-43-45-47-49-51-57(61)58-55(54-65-66(62,63)64-53-52-59(3,4)5)56(60)50-48-46-44-42-40-38-21-19-17-15-13-11-9-7-2/h55-56,60H,6-54H2,1-5H3,(H-,58,61,62,63)/p+1. The number of carbonyl (C=O) groups is 1. The lowest BCUT2D eigenvalue weighted by atomic mass is 10.0. The zero-order valence-electron chi connectivity index (χ0n) is 45.2. The molecule has 0 saturated carbocycles. The molecule has 0 spiro atoms. The van der Waals surface area contributed by atoms with E-state index in [0.717, 1.165) is 38.5 Å². The predicted octanol–water partition coefficient (Wildman–Crippen LogP) is 17.7. The first-order chi connectivity index (χ1) is 32.0. The number of aliphatic hydroxyl groups is 1. The Hall–Kier alpha value is -0.500. The molecule has 0 heterocycles. The van der Waals surface area contributed by atoms with Crippen LogP contribution in [0.1, 0.15) is 309 Å². The number of nitrogens with one attached hydrogen (secondary N) is 1. The van der Waals surface area contributed by atoms with Crippen LogP contribution in [0.25, 0.3) is 0 Å². The van der Waals surface area contributed by atoms with Gasteiger partial charge in [-0.25, -0.2) is 4.57 Å². The summed E-state index contributed by atoms with van der Waals surface area (Å²) in [6, 6.07) is -0.754. The molecule has 8 nitrogen and oxygen atoms in total. The van der Waals surface area contributed by atoms with Gasteiger partial charge in [-0.15, -0.1) is 0 Å². The van der Waals surface area contributed by atoms with Crippen molar-refractivity contribution in [2.24, 2.45) is 0 Å². The molecule has 0 aromatic carbocycles. The van der Waals surface area contributed by atoms with Gasteiger partial charge in [-0.2, -0.15) is 0 Å². The van der Waals surface area contributed by atoms with Gasteiger partial charge in [-0.1, -0.05) is 290 Å². The third kappa shape index (κ3) is 51.4. The molecule has 0 rings (SSSR count). The first-order valence-electron chi connectivity index (χ1n) is 29.4. The van der Waals surface area contributed by atoms with E-state index in [-0.39, 0.29) is 19.1 Å². The van der Waals surface area contributed by atoms with Gasteiger partial charge < -0.3 is 19.8 Å². The molecule has 1 amide bonds. The number of rotatable bonds is 55. The van der Waals surface area contributed by atoms with Crippen molar-refractivity contribution in [3.05, 3.63) is 0 Å². The van der Waals surface area contributed by atoms with Crippen molar-refractivity contribution in [3.8, 4) is 0 Å². The number of hydrogen-bond acceptors (Lipinski definition) is 5. The molecule has 0 bridgehead atoms. The molecule has 0 aliphatic carbocycles. The Labute approximate surface area is 412 Å². The number of likely N-dealkylation sites (N-methyl/N-ethyl adjacent to an activating group) is 1. The van der Waals surface area contributed by atoms with Crippen molar-refractivity contribution in [2.45, 2.75) is 321 Å². The number of aliphatic hydroxyl groups excluding tert-OH is 1. The van der Waals surface area contributed by atoms with E-state index in [1.165, 1.54) is 244 Å². The van der Waals surface area contributed by atoms with Gasteiger partial charge in [-0.05, 0) is 12.8 Å². The Morgan fingerprint density at radius 2 is 0.727 bits per heavy atom. The summed E-state index contributed by atoms with van der Waals surface area (Å²) < 4.78 is 23.8. The third-order valence-corrected chi connectivity index (χ3v) is 14.8. The Balaban J connectivity index is 3.98. The number of quaternary nitrogens is 1. The number of unbranched alkanes of at least 4 members (excludes halogenated alkanes) is 42. The highest BCUT2D eigenvalue weighted by Crippen LogP contribution is 2.43. The van der Waals surface area contributed by atoms with Gasteiger partial charge >= 0.3 is 7.82 Å². The first kappa shape index (κ1) is 65.5. The molecule has 0 fully saturated rings. The van der Waals surface area contributed by atoms with Crippen molar-refractivity contribution in [2.75, 3.05) is 40.9 Å². The number of phosphoric ester groups is 1. The van der Waals surface area contributed by atoms with Crippen LogP contribution in [0.3, 0.4) is 0 Å². The zero-order chi connectivity index (χ0) is 48.5. The van der Waals surface area contributed by atoms with Crippen LogP contribution in [0.15, 0.2) is 0 Å². The van der Waals surface area contributed by atoms with E-state index in [4.69, 9.17) is 9.05 Å². The van der Waals surface area contributed by atoms with Gasteiger partial charge in [0.25, 0.3) is 0 Å². The molecular weight excluding hydrogens is 840 g/mol. The molecule has 66 heavy (non-hydrogen) atoms. The van der Waals surface area contributed by atoms with Crippen LogP contribution in [-0.2, 0) is 18.4 Å². The van der Waals surface area contributed by atoms with Gasteiger partial charge in [0.05, 0.1) is 39.9 Å². The minimum absolute atomic E-state index is 0.0790. The number of carbonyl (C=O) groups excluding carboxylic acids is 1. The Morgan fingerprint density at radius 1 is 0.455 bits per heavy atom. The van der Waals surface area contributed by atoms with Crippen LogP contribution in [0.5, 0.6) is 0 Å². The largest absolute Gasteiger partial charge is 0.472 e. The van der Waals surface area contributed by atoms with E-state index < -0.39 is 20.0 Å². The first-order valence-corrected chi connectivity index (χ1v) is 30.9. The topological polar surface area (TPSA) is 105 Å². The molecule has 9 heteroatoms. The van der Waals surface area contributed by atoms with E-state index in [1.54, 1.807) is 0 Å². The number of phosphoric acid groups is 1. The predicted molar refractivity (Wildman–Crippen MR) is 286 cm³/mol. The molecule has 3 unspecified atom stereocenters. The second kappa shape index (κ2) is 49.5. The highest BCUT2D eigenvalue weighted by atomic mass is 31.2. The molecule has 0 saturated heterocycles. The smallest absolute Gasteiger partial charge is 0.391 e. The molecule has 3 N–H and O–H groups in total. The summed E-state index contributed by atoms with van der Waals surface area (Å²) in [7, 11) is 1.64. The number of hydrogen-bond donors (Lipinski definition) is 3. The summed E-state index contributed by atoms with van der Waals surface area (Å²) >= 11 is 0. The summed E-state index contributed by atoms with van der Waals surface area (Å²) in [6.07, 6.45) is 58.9. The number of amides is 1. The SMILES string of the molecule is CCCCCCCCCCCCCCCCCCCCCCCCCCCCCCCCC(=O)NC(COP(=O)(O)OCC[N+](C)(C)C)C(O)CCCCCCCCCCCCCCCC. The Bertz CT molecular complexity index is 1040. The van der Waals surface area contributed by atoms with Crippen molar-refractivity contribution in [1.82, 2.24) is 5.32 Å². The summed E-state index contributed by atoms with van der Waals surface area (Å²) in [5.74, 6) is -0.137. The average Bonchev–Trinajstić information content (AvgIpc) is 3.28. The summed E-state index contributed by atoms with van der Waals surface area (Å²) in [5.41, 5.74) is 0. The molecule has 396 valence electrons. The monoisotopic (exact) mass is 958 g/mol. The molecule has 0 aromatic heterocycles. The van der Waals surface area contributed by atoms with Gasteiger partial charge in [0.15, 0.2) is 0 Å². The van der Waals surface area contributed by atoms with Crippen LogP contribution in [0.4, 0.5) is 0 Å². The Kier molecular flexibility index (Phi) is 49.1. The molecule has 3 atom stereocenters. The van der Waals surface area contributed by atoms with Crippen molar-refractivity contribution < 1.29 is 32.9 Å². The summed E-state index contributed by atoms with van der Waals surface area (Å²) in [5, 5.41) is 14.0. The lowest BCUT2D eigenvalue weighted by molar-refractivity contribution is -0.870. The molecule has 0 radical (unpaired) electrons. The van der Waals surface area contributed by atoms with Crippen LogP contribution in [-0.4, -0.2) is 73.4 Å². The fourth-order valence-electron chi connectivity index (χ4n) is 9.23. The highest BCUT2D eigenvalue weighted by molar-refractivity contribution is 7.47. The fourth-order valence-corrected chi connectivity index (χ4v) is 9.96. The quantitative estimate of drug-likeness (QED) is 0.0319. The average molecular weight is 959 g/mol. The molecular formula is C57H118N2O6P+. The van der Waals surface area contributed by atoms with Gasteiger partial charge in [0.1, 0.15) is 13.2 Å². The van der Waals surface area contributed by atoms with Gasteiger partial charge in [-0.3, -0.25) is 13.8 Å². The van der Waals surface area contributed by atoms with Crippen LogP contribution in [0.2, 0.25) is 0 Å². The summed E-state index contributed by atoms with van der Waals surface area (Å²) in [4.78, 5) is 23.3. The Morgan fingerprint density at radius 3 is 1.02 bits per heavy atom. The molecule has 0 aromatic rings. The number of nitrogens with zero attached hydrogens (tertiary/aromatic N) is 1. The van der Waals surface area contributed by atoms with E-state index >= 15 is 0 Å². The highest BCUT2D eigenvalue weighted by Gasteiger charge is 2.28. The normalized spacial score (nSPS) is 13.9. The van der Waals surface area contributed by atoms with Crippen molar-refractivity contribution in [3.63, 3.8) is 0 Å². The van der Waals surface area contributed by atoms with Crippen molar-refractivity contribution >= 4 is 13.7 Å². The fraction of sp³-hybridized carbons (Fsp3) is 0.982. The maximum absolute atomic E-state index is 13.0. The summed E-state index contributed by atoms with van der Waals surface area (Å²) in [6.45, 7) is 4.94. The van der Waals surface area contributed by atoms with Crippen LogP contribution < -0.4 is 5.32 Å². The maximum Gasteiger partial charge on any atom is 0.472 e. The lowest BCUT2D eigenvalue weighted by Gasteiger charge is -2.26. The second-order valence-corrected chi connectivity index (χ2v) is 23.2. The van der Waals surface area contributed by atoms with Crippen molar-refractivity contribution in [1.29, 1.82) is 0 Å². The van der Waals surface area contributed by atoms with E-state index in [9.17, 15) is 19.4 Å². The molecule has 0 aliphatic heterocycles. The minimum Gasteiger partial charge on any atom is -0.391 e. The van der Waals surface area contributed by atoms with E-state index in [2.05, 4.69) is 19.2 Å². The maximum atomic E-state index is 13.0. The third-order valence-electron chi connectivity index (χ3n) is 13.9. The van der Waals surface area contributed by atoms with Gasteiger partial charge in [0, 0.05) is 6.42 Å². The van der Waals surface area contributed by atoms with Crippen LogP contribution >= 0.6 is 7.82 Å². The van der Waals surface area contributed by atoms with E-state index in [1.807, 2.05) is 21.1 Å². The van der Waals surface area contributed by atoms with Crippen LogP contribution in [0, 0.1) is 0 Å².